The van der Waals surface area contributed by atoms with Gasteiger partial charge in [0.1, 0.15) is 0 Å². The predicted molar refractivity (Wildman–Crippen MR) is 205 cm³/mol. The van der Waals surface area contributed by atoms with Gasteiger partial charge >= 0.3 is 0 Å². The lowest BCUT2D eigenvalue weighted by Crippen LogP contribution is -2.33. The smallest absolute Gasteiger partial charge is 0.164 e. The molecule has 0 bridgehead atoms. The molecule has 0 N–H and O–H groups in total. The SMILES string of the molecule is CC1(C)CCC(C)(C)c2cc(-c3cccc(-c4nc(-c5ccc6ccccc6c5)nc(-c5cc6cccnc6c6ncccc56)n4)c3)ccc21. The highest BCUT2D eigenvalue weighted by molar-refractivity contribution is 6.09. The Balaban J connectivity index is 1.24. The lowest BCUT2D eigenvalue weighted by Gasteiger charge is -2.42. The standard InChI is InChI=1S/C45H37N5/c1-44(2)20-21-45(3,4)38-27-31(18-19-37(38)44)30-12-7-13-33(25-30)41-48-42(34-17-16-28-10-5-6-11-29(28)24-34)50-43(49-41)36-26-32-14-8-22-46-39(32)40-35(36)15-9-23-47-40/h5-19,22-27H,20-21H2,1-4H3. The second-order valence-corrected chi connectivity index (χ2v) is 14.9. The van der Waals surface area contributed by atoms with Crippen molar-refractivity contribution in [3.05, 3.63) is 139 Å². The molecule has 0 saturated carbocycles. The summed E-state index contributed by atoms with van der Waals surface area (Å²) < 4.78 is 0. The quantitative estimate of drug-likeness (QED) is 0.178. The van der Waals surface area contributed by atoms with Crippen molar-refractivity contribution >= 4 is 32.6 Å². The topological polar surface area (TPSA) is 64.5 Å². The number of nitrogens with zero attached hydrogens (tertiary/aromatic N) is 5. The molecule has 9 rings (SSSR count). The predicted octanol–water partition coefficient (Wildman–Crippen LogP) is 11.1. The number of aromatic nitrogens is 5. The van der Waals surface area contributed by atoms with Gasteiger partial charge in [-0.15, -0.1) is 0 Å². The molecule has 1 aliphatic rings. The third kappa shape index (κ3) is 5.12. The van der Waals surface area contributed by atoms with Gasteiger partial charge in [0.25, 0.3) is 0 Å². The zero-order valence-corrected chi connectivity index (χ0v) is 28.8. The van der Waals surface area contributed by atoms with Crippen molar-refractivity contribution in [2.24, 2.45) is 0 Å². The van der Waals surface area contributed by atoms with E-state index in [0.29, 0.717) is 17.5 Å². The molecule has 50 heavy (non-hydrogen) atoms. The lowest BCUT2D eigenvalue weighted by molar-refractivity contribution is 0.332. The molecular weight excluding hydrogens is 611 g/mol. The van der Waals surface area contributed by atoms with Crippen LogP contribution in [0.2, 0.25) is 0 Å². The molecule has 1 aliphatic carbocycles. The third-order valence-corrected chi connectivity index (χ3v) is 10.7. The summed E-state index contributed by atoms with van der Waals surface area (Å²) in [5, 5.41) is 4.26. The Bertz CT molecular complexity index is 2620. The zero-order chi connectivity index (χ0) is 34.0. The molecule has 8 aromatic rings. The van der Waals surface area contributed by atoms with Crippen molar-refractivity contribution in [1.82, 2.24) is 24.9 Å². The average Bonchev–Trinajstić information content (AvgIpc) is 3.16. The minimum atomic E-state index is 0.128. The Kier molecular flexibility index (Phi) is 6.89. The zero-order valence-electron chi connectivity index (χ0n) is 28.8. The summed E-state index contributed by atoms with van der Waals surface area (Å²) in [6, 6.07) is 40.6. The summed E-state index contributed by atoms with van der Waals surface area (Å²) in [6.07, 6.45) is 6.00. The molecule has 3 aromatic heterocycles. The normalized spacial score (nSPS) is 15.0. The Morgan fingerprint density at radius 2 is 1.06 bits per heavy atom. The third-order valence-electron chi connectivity index (χ3n) is 10.7. The Morgan fingerprint density at radius 3 is 1.88 bits per heavy atom. The van der Waals surface area contributed by atoms with Gasteiger partial charge in [-0.25, -0.2) is 15.0 Å². The van der Waals surface area contributed by atoms with Crippen LogP contribution in [0.15, 0.2) is 128 Å². The summed E-state index contributed by atoms with van der Waals surface area (Å²) in [4.78, 5) is 24.9. The van der Waals surface area contributed by atoms with E-state index in [1.165, 1.54) is 34.9 Å². The molecule has 5 aromatic carbocycles. The number of fused-ring (bicyclic) bond motifs is 5. The van der Waals surface area contributed by atoms with E-state index in [1.54, 1.807) is 0 Å². The average molecular weight is 648 g/mol. The molecular formula is C45H37N5. The number of pyridine rings is 2. The van der Waals surface area contributed by atoms with E-state index in [-0.39, 0.29) is 10.8 Å². The summed E-state index contributed by atoms with van der Waals surface area (Å²) in [7, 11) is 0. The Labute approximate surface area is 292 Å². The van der Waals surface area contributed by atoms with Gasteiger partial charge < -0.3 is 0 Å². The number of hydrogen-bond donors (Lipinski definition) is 0. The lowest BCUT2D eigenvalue weighted by atomic mass is 9.63. The van der Waals surface area contributed by atoms with Crippen molar-refractivity contribution in [3.8, 4) is 45.3 Å². The van der Waals surface area contributed by atoms with Crippen molar-refractivity contribution in [2.45, 2.75) is 51.4 Å². The summed E-state index contributed by atoms with van der Waals surface area (Å²) in [6.45, 7) is 9.50. The molecule has 0 unspecified atom stereocenters. The van der Waals surface area contributed by atoms with Crippen LogP contribution < -0.4 is 0 Å². The molecule has 0 amide bonds. The van der Waals surface area contributed by atoms with Crippen LogP contribution in [-0.4, -0.2) is 24.9 Å². The van der Waals surface area contributed by atoms with Crippen LogP contribution in [0, 0.1) is 0 Å². The van der Waals surface area contributed by atoms with E-state index in [0.717, 1.165) is 49.4 Å². The molecule has 0 aliphatic heterocycles. The molecule has 0 spiro atoms. The van der Waals surface area contributed by atoms with Crippen LogP contribution in [-0.2, 0) is 10.8 Å². The van der Waals surface area contributed by atoms with Crippen molar-refractivity contribution in [2.75, 3.05) is 0 Å². The van der Waals surface area contributed by atoms with Gasteiger partial charge in [0, 0.05) is 39.9 Å². The second-order valence-electron chi connectivity index (χ2n) is 14.9. The first-order valence-electron chi connectivity index (χ1n) is 17.4. The molecule has 0 radical (unpaired) electrons. The molecule has 5 nitrogen and oxygen atoms in total. The van der Waals surface area contributed by atoms with Crippen LogP contribution in [0.4, 0.5) is 0 Å². The fourth-order valence-corrected chi connectivity index (χ4v) is 7.65. The van der Waals surface area contributed by atoms with Gasteiger partial charge in [-0.3, -0.25) is 9.97 Å². The largest absolute Gasteiger partial charge is 0.254 e. The van der Waals surface area contributed by atoms with Crippen LogP contribution in [0.1, 0.15) is 51.7 Å². The first kappa shape index (κ1) is 30.3. The van der Waals surface area contributed by atoms with Crippen LogP contribution in [0.5, 0.6) is 0 Å². The summed E-state index contributed by atoms with van der Waals surface area (Å²) in [5.74, 6) is 1.86. The van der Waals surface area contributed by atoms with Crippen molar-refractivity contribution in [3.63, 3.8) is 0 Å². The maximum Gasteiger partial charge on any atom is 0.164 e. The van der Waals surface area contributed by atoms with Gasteiger partial charge in [-0.1, -0.05) is 113 Å². The van der Waals surface area contributed by atoms with Gasteiger partial charge in [0.05, 0.1) is 11.0 Å². The van der Waals surface area contributed by atoms with E-state index in [4.69, 9.17) is 19.9 Å². The van der Waals surface area contributed by atoms with Gasteiger partial charge in [0.15, 0.2) is 17.5 Å². The van der Waals surface area contributed by atoms with E-state index in [1.807, 2.05) is 24.5 Å². The molecule has 0 saturated heterocycles. The van der Waals surface area contributed by atoms with Crippen molar-refractivity contribution in [1.29, 1.82) is 0 Å². The maximum atomic E-state index is 5.20. The van der Waals surface area contributed by atoms with E-state index >= 15 is 0 Å². The first-order valence-corrected chi connectivity index (χ1v) is 17.4. The maximum absolute atomic E-state index is 5.20. The summed E-state index contributed by atoms with van der Waals surface area (Å²) >= 11 is 0. The van der Waals surface area contributed by atoms with E-state index < -0.39 is 0 Å². The van der Waals surface area contributed by atoms with Crippen LogP contribution in [0.25, 0.3) is 77.9 Å². The Morgan fingerprint density at radius 1 is 0.440 bits per heavy atom. The number of hydrogen-bond acceptors (Lipinski definition) is 5. The molecule has 5 heteroatoms. The second kappa shape index (κ2) is 11.4. The van der Waals surface area contributed by atoms with Crippen molar-refractivity contribution < 1.29 is 0 Å². The summed E-state index contributed by atoms with van der Waals surface area (Å²) in [5.41, 5.74) is 10.0. The highest BCUT2D eigenvalue weighted by Crippen LogP contribution is 2.47. The van der Waals surface area contributed by atoms with Gasteiger partial charge in [-0.05, 0) is 87.0 Å². The number of rotatable bonds is 4. The minimum absolute atomic E-state index is 0.128. The molecule has 0 atom stereocenters. The Hall–Kier alpha value is -5.81. The van der Waals surface area contributed by atoms with E-state index in [2.05, 4.69) is 136 Å². The molecule has 3 heterocycles. The van der Waals surface area contributed by atoms with Crippen LogP contribution >= 0.6 is 0 Å². The monoisotopic (exact) mass is 647 g/mol. The first-order chi connectivity index (χ1) is 24.2. The highest BCUT2D eigenvalue weighted by Gasteiger charge is 2.37. The molecule has 242 valence electrons. The highest BCUT2D eigenvalue weighted by atomic mass is 15.0. The fourth-order valence-electron chi connectivity index (χ4n) is 7.65. The van der Waals surface area contributed by atoms with E-state index in [9.17, 15) is 0 Å². The van der Waals surface area contributed by atoms with Gasteiger partial charge in [-0.2, -0.15) is 0 Å². The fraction of sp³-hybridized carbons (Fsp3) is 0.178. The minimum Gasteiger partial charge on any atom is -0.254 e. The van der Waals surface area contributed by atoms with Gasteiger partial charge in [0.2, 0.25) is 0 Å². The van der Waals surface area contributed by atoms with Crippen LogP contribution in [0.3, 0.4) is 0 Å². The number of benzene rings is 5. The molecule has 0 fully saturated rings.